The highest BCUT2D eigenvalue weighted by molar-refractivity contribution is 5.81. The summed E-state index contributed by atoms with van der Waals surface area (Å²) in [4.78, 5) is 17.1. The largest absolute Gasteiger partial charge is 0.341 e. The average molecular weight is 351 g/mol. The number of amides is 1. The third-order valence-corrected chi connectivity index (χ3v) is 5.59. The predicted octanol–water partition coefficient (Wildman–Crippen LogP) is 3.99. The third kappa shape index (κ3) is 4.95. The second kappa shape index (κ2) is 9.00. The van der Waals surface area contributed by atoms with E-state index in [1.807, 2.05) is 32.2 Å². The molecule has 1 amide bonds. The molecular formula is C23H30N2O. The molecule has 0 radical (unpaired) electrons. The minimum atomic E-state index is -0.0825. The third-order valence-electron chi connectivity index (χ3n) is 5.59. The fourth-order valence-electron chi connectivity index (χ4n) is 3.77. The summed E-state index contributed by atoms with van der Waals surface area (Å²) in [6, 6.07) is 21.0. The van der Waals surface area contributed by atoms with Crippen LogP contribution in [-0.4, -0.2) is 41.9 Å². The number of likely N-dealkylation sites (N-methyl/N-ethyl adjacent to an activating group) is 1. The number of rotatable bonds is 6. The van der Waals surface area contributed by atoms with Crippen molar-refractivity contribution in [3.63, 3.8) is 0 Å². The fraction of sp³-hybridized carbons (Fsp3) is 0.435. The minimum Gasteiger partial charge on any atom is -0.341 e. The van der Waals surface area contributed by atoms with Gasteiger partial charge in [-0.1, -0.05) is 60.7 Å². The molecular weight excluding hydrogens is 320 g/mol. The van der Waals surface area contributed by atoms with E-state index < -0.39 is 0 Å². The summed E-state index contributed by atoms with van der Waals surface area (Å²) in [6.45, 7) is 4.61. The zero-order valence-electron chi connectivity index (χ0n) is 16.0. The monoisotopic (exact) mass is 350 g/mol. The molecule has 1 atom stereocenters. The van der Waals surface area contributed by atoms with E-state index in [4.69, 9.17) is 0 Å². The van der Waals surface area contributed by atoms with Crippen LogP contribution in [0.1, 0.15) is 30.9 Å². The van der Waals surface area contributed by atoms with Crippen LogP contribution in [0, 0.1) is 5.92 Å². The van der Waals surface area contributed by atoms with Crippen LogP contribution < -0.4 is 0 Å². The average Bonchev–Trinajstić information content (AvgIpc) is 2.69. The van der Waals surface area contributed by atoms with Crippen LogP contribution in [-0.2, 0) is 17.8 Å². The van der Waals surface area contributed by atoms with E-state index >= 15 is 0 Å². The van der Waals surface area contributed by atoms with Crippen molar-refractivity contribution in [3.05, 3.63) is 71.8 Å². The molecule has 0 N–H and O–H groups in total. The topological polar surface area (TPSA) is 23.6 Å². The second-order valence-corrected chi connectivity index (χ2v) is 7.54. The van der Waals surface area contributed by atoms with E-state index in [-0.39, 0.29) is 11.9 Å². The molecule has 1 aliphatic rings. The van der Waals surface area contributed by atoms with Crippen molar-refractivity contribution in [2.45, 2.75) is 38.8 Å². The lowest BCUT2D eigenvalue weighted by Gasteiger charge is -2.35. The minimum absolute atomic E-state index is 0.0825. The van der Waals surface area contributed by atoms with E-state index in [1.165, 1.54) is 11.1 Å². The molecule has 1 saturated heterocycles. The van der Waals surface area contributed by atoms with Crippen molar-refractivity contribution in [2.75, 3.05) is 20.1 Å². The highest BCUT2D eigenvalue weighted by Crippen LogP contribution is 2.22. The standard InChI is InChI=1S/C23H30N2O/c1-19(24(2)18-22-11-7-4-8-12-22)23(26)25-15-13-21(14-16-25)17-20-9-5-3-6-10-20/h3-12,19,21H,13-18H2,1-2H3. The molecule has 3 rings (SSSR count). The van der Waals surface area contributed by atoms with Gasteiger partial charge in [0.1, 0.15) is 0 Å². The maximum Gasteiger partial charge on any atom is 0.239 e. The highest BCUT2D eigenvalue weighted by Gasteiger charge is 2.27. The van der Waals surface area contributed by atoms with E-state index in [2.05, 4.69) is 52.3 Å². The zero-order valence-corrected chi connectivity index (χ0v) is 16.0. The van der Waals surface area contributed by atoms with Gasteiger partial charge in [0, 0.05) is 19.6 Å². The molecule has 2 aromatic carbocycles. The quantitative estimate of drug-likeness (QED) is 0.786. The molecule has 138 valence electrons. The molecule has 3 heteroatoms. The molecule has 1 heterocycles. The summed E-state index contributed by atoms with van der Waals surface area (Å²) in [6.07, 6.45) is 3.35. The Hall–Kier alpha value is -2.13. The van der Waals surface area contributed by atoms with E-state index in [9.17, 15) is 4.79 Å². The number of piperidine rings is 1. The Kier molecular flexibility index (Phi) is 6.45. The number of carbonyl (C=O) groups is 1. The van der Waals surface area contributed by atoms with Gasteiger partial charge in [0.15, 0.2) is 0 Å². The fourth-order valence-corrected chi connectivity index (χ4v) is 3.77. The first-order valence-electron chi connectivity index (χ1n) is 9.70. The number of carbonyl (C=O) groups excluding carboxylic acids is 1. The van der Waals surface area contributed by atoms with E-state index in [0.717, 1.165) is 38.9 Å². The van der Waals surface area contributed by atoms with Crippen LogP contribution in [0.5, 0.6) is 0 Å². The van der Waals surface area contributed by atoms with Crippen molar-refractivity contribution in [2.24, 2.45) is 5.92 Å². The molecule has 0 aliphatic carbocycles. The van der Waals surface area contributed by atoms with Crippen molar-refractivity contribution in [3.8, 4) is 0 Å². The Morgan fingerprint density at radius 2 is 1.54 bits per heavy atom. The first-order valence-corrected chi connectivity index (χ1v) is 9.70. The van der Waals surface area contributed by atoms with Gasteiger partial charge in [0.2, 0.25) is 5.91 Å². The van der Waals surface area contributed by atoms with Crippen LogP contribution in [0.25, 0.3) is 0 Å². The van der Waals surface area contributed by atoms with Gasteiger partial charge in [-0.2, -0.15) is 0 Å². The lowest BCUT2D eigenvalue weighted by atomic mass is 9.90. The highest BCUT2D eigenvalue weighted by atomic mass is 16.2. The second-order valence-electron chi connectivity index (χ2n) is 7.54. The van der Waals surface area contributed by atoms with E-state index in [0.29, 0.717) is 5.92 Å². The Balaban J connectivity index is 1.48. The molecule has 0 aromatic heterocycles. The zero-order chi connectivity index (χ0) is 18.4. The summed E-state index contributed by atoms with van der Waals surface area (Å²) < 4.78 is 0. The van der Waals surface area contributed by atoms with Gasteiger partial charge in [-0.05, 0) is 50.3 Å². The van der Waals surface area contributed by atoms with Gasteiger partial charge in [0.25, 0.3) is 0 Å². The maximum absolute atomic E-state index is 12.9. The lowest BCUT2D eigenvalue weighted by molar-refractivity contribution is -0.137. The molecule has 0 spiro atoms. The molecule has 26 heavy (non-hydrogen) atoms. The van der Waals surface area contributed by atoms with Crippen molar-refractivity contribution < 1.29 is 4.79 Å². The summed E-state index contributed by atoms with van der Waals surface area (Å²) >= 11 is 0. The van der Waals surface area contributed by atoms with Crippen LogP contribution in [0.2, 0.25) is 0 Å². The predicted molar refractivity (Wildman–Crippen MR) is 107 cm³/mol. The first kappa shape index (κ1) is 18.7. The Morgan fingerprint density at radius 3 is 2.12 bits per heavy atom. The van der Waals surface area contributed by atoms with Gasteiger partial charge in [-0.25, -0.2) is 0 Å². The molecule has 1 aliphatic heterocycles. The lowest BCUT2D eigenvalue weighted by Crippen LogP contribution is -2.48. The summed E-state index contributed by atoms with van der Waals surface area (Å²) in [7, 11) is 2.04. The number of nitrogens with zero attached hydrogens (tertiary/aromatic N) is 2. The van der Waals surface area contributed by atoms with Crippen molar-refractivity contribution in [1.82, 2.24) is 9.80 Å². The van der Waals surface area contributed by atoms with Gasteiger partial charge in [-0.3, -0.25) is 9.69 Å². The normalized spacial score (nSPS) is 16.7. The SMILES string of the molecule is CC(C(=O)N1CCC(Cc2ccccc2)CC1)N(C)Cc1ccccc1. The molecule has 3 nitrogen and oxygen atoms in total. The Morgan fingerprint density at radius 1 is 1.00 bits per heavy atom. The summed E-state index contributed by atoms with van der Waals surface area (Å²) in [5.74, 6) is 0.959. The number of hydrogen-bond acceptors (Lipinski definition) is 2. The van der Waals surface area contributed by atoms with Gasteiger partial charge >= 0.3 is 0 Å². The van der Waals surface area contributed by atoms with Crippen LogP contribution in [0.15, 0.2) is 60.7 Å². The molecule has 2 aromatic rings. The Bertz CT molecular complexity index is 678. The molecule has 0 bridgehead atoms. The summed E-state index contributed by atoms with van der Waals surface area (Å²) in [5, 5.41) is 0. The van der Waals surface area contributed by atoms with Gasteiger partial charge in [-0.15, -0.1) is 0 Å². The number of benzene rings is 2. The maximum atomic E-state index is 12.9. The van der Waals surface area contributed by atoms with Crippen molar-refractivity contribution in [1.29, 1.82) is 0 Å². The van der Waals surface area contributed by atoms with Crippen LogP contribution in [0.3, 0.4) is 0 Å². The van der Waals surface area contributed by atoms with Crippen LogP contribution >= 0.6 is 0 Å². The molecule has 1 unspecified atom stereocenters. The molecule has 1 fully saturated rings. The molecule has 0 saturated carbocycles. The van der Waals surface area contributed by atoms with Gasteiger partial charge < -0.3 is 4.90 Å². The Labute approximate surface area is 157 Å². The summed E-state index contributed by atoms with van der Waals surface area (Å²) in [5.41, 5.74) is 2.66. The van der Waals surface area contributed by atoms with E-state index in [1.54, 1.807) is 0 Å². The number of likely N-dealkylation sites (tertiary alicyclic amines) is 1. The van der Waals surface area contributed by atoms with Crippen molar-refractivity contribution >= 4 is 5.91 Å². The first-order chi connectivity index (χ1) is 12.6. The smallest absolute Gasteiger partial charge is 0.239 e. The van der Waals surface area contributed by atoms with Crippen LogP contribution in [0.4, 0.5) is 0 Å². The van der Waals surface area contributed by atoms with Gasteiger partial charge in [0.05, 0.1) is 6.04 Å². The number of hydrogen-bond donors (Lipinski definition) is 0.